The van der Waals surface area contributed by atoms with Crippen LogP contribution in [0.3, 0.4) is 0 Å². The molecule has 0 aliphatic heterocycles. The molecule has 0 aliphatic rings. The second-order valence-corrected chi connectivity index (χ2v) is 5.00. The highest BCUT2D eigenvalue weighted by Crippen LogP contribution is 2.37. The monoisotopic (exact) mass is 269 g/mol. The van der Waals surface area contributed by atoms with Crippen molar-refractivity contribution in [3.8, 4) is 5.75 Å². The first-order valence-corrected chi connectivity index (χ1v) is 6.16. The fraction of sp³-hybridized carbons (Fsp3) is 0.308. The number of hydrogen-bond acceptors (Lipinski definition) is 2. The van der Waals surface area contributed by atoms with Crippen LogP contribution in [0.2, 0.25) is 10.0 Å². The molecule has 17 heavy (non-hydrogen) atoms. The molecule has 0 bridgehead atoms. The van der Waals surface area contributed by atoms with Gasteiger partial charge in [-0.15, -0.1) is 0 Å². The normalized spacial score (nSPS) is 11.2. The van der Waals surface area contributed by atoms with Crippen LogP contribution in [-0.4, -0.2) is 11.1 Å². The van der Waals surface area contributed by atoms with E-state index in [-0.39, 0.29) is 6.10 Å². The highest BCUT2D eigenvalue weighted by Gasteiger charge is 2.14. The van der Waals surface area contributed by atoms with Gasteiger partial charge in [-0.25, -0.2) is 4.98 Å². The summed E-state index contributed by atoms with van der Waals surface area (Å²) < 4.78 is 5.72. The summed E-state index contributed by atoms with van der Waals surface area (Å²) >= 11 is 12.3. The zero-order valence-corrected chi connectivity index (χ0v) is 11.4. The van der Waals surface area contributed by atoms with Crippen LogP contribution in [0.1, 0.15) is 19.5 Å². The Morgan fingerprint density at radius 1 is 1.18 bits per heavy atom. The third-order valence-corrected chi connectivity index (χ3v) is 2.92. The zero-order chi connectivity index (χ0) is 12.6. The van der Waals surface area contributed by atoms with Gasteiger partial charge in [0.2, 0.25) is 0 Å². The third-order valence-electron chi connectivity index (χ3n) is 2.33. The van der Waals surface area contributed by atoms with Gasteiger partial charge in [0, 0.05) is 11.1 Å². The summed E-state index contributed by atoms with van der Waals surface area (Å²) in [6, 6.07) is 5.55. The molecule has 1 aromatic heterocycles. The van der Waals surface area contributed by atoms with Gasteiger partial charge in [-0.3, -0.25) is 0 Å². The first-order chi connectivity index (χ1) is 7.99. The standard InChI is InChI=1S/C13H13Cl2NO/c1-7(2)17-13-11(15)6-10(14)9-5-4-8(3)16-12(9)13/h4-7H,1-3H3. The molecule has 0 saturated carbocycles. The van der Waals surface area contributed by atoms with Crippen molar-refractivity contribution in [3.63, 3.8) is 0 Å². The number of rotatable bonds is 2. The second kappa shape index (κ2) is 4.71. The number of ether oxygens (including phenoxy) is 1. The van der Waals surface area contributed by atoms with Crippen molar-refractivity contribution in [1.29, 1.82) is 0 Å². The molecule has 0 aliphatic carbocycles. The molecule has 0 radical (unpaired) electrons. The van der Waals surface area contributed by atoms with Crippen LogP contribution in [0, 0.1) is 6.92 Å². The van der Waals surface area contributed by atoms with Crippen molar-refractivity contribution < 1.29 is 4.74 Å². The largest absolute Gasteiger partial charge is 0.487 e. The SMILES string of the molecule is Cc1ccc2c(Cl)cc(Cl)c(OC(C)C)c2n1. The van der Waals surface area contributed by atoms with Gasteiger partial charge in [-0.05, 0) is 39.0 Å². The molecule has 1 aromatic carbocycles. The van der Waals surface area contributed by atoms with Crippen LogP contribution in [0.4, 0.5) is 0 Å². The van der Waals surface area contributed by atoms with Gasteiger partial charge in [0.15, 0.2) is 5.75 Å². The van der Waals surface area contributed by atoms with Gasteiger partial charge in [-0.1, -0.05) is 23.2 Å². The summed E-state index contributed by atoms with van der Waals surface area (Å²) in [7, 11) is 0. The molecule has 4 heteroatoms. The summed E-state index contributed by atoms with van der Waals surface area (Å²) in [6.45, 7) is 5.83. The van der Waals surface area contributed by atoms with E-state index in [1.54, 1.807) is 6.07 Å². The smallest absolute Gasteiger partial charge is 0.164 e. The molecule has 2 nitrogen and oxygen atoms in total. The lowest BCUT2D eigenvalue weighted by Gasteiger charge is -2.14. The Balaban J connectivity index is 2.75. The van der Waals surface area contributed by atoms with E-state index in [1.165, 1.54) is 0 Å². The van der Waals surface area contributed by atoms with Crippen molar-refractivity contribution in [2.24, 2.45) is 0 Å². The Labute approximate surface area is 111 Å². The number of halogens is 2. The Kier molecular flexibility index (Phi) is 3.45. The van der Waals surface area contributed by atoms with Crippen LogP contribution in [0.5, 0.6) is 5.75 Å². The van der Waals surface area contributed by atoms with Crippen LogP contribution >= 0.6 is 23.2 Å². The molecule has 1 heterocycles. The van der Waals surface area contributed by atoms with E-state index in [2.05, 4.69) is 4.98 Å². The maximum atomic E-state index is 6.16. The number of hydrogen-bond donors (Lipinski definition) is 0. The zero-order valence-electron chi connectivity index (χ0n) is 9.92. The number of aromatic nitrogens is 1. The summed E-state index contributed by atoms with van der Waals surface area (Å²) in [6.07, 6.45) is 0.0409. The lowest BCUT2D eigenvalue weighted by molar-refractivity contribution is 0.245. The maximum Gasteiger partial charge on any atom is 0.164 e. The van der Waals surface area contributed by atoms with Crippen LogP contribution < -0.4 is 4.74 Å². The molecule has 90 valence electrons. The van der Waals surface area contributed by atoms with E-state index in [0.717, 1.165) is 16.6 Å². The second-order valence-electron chi connectivity index (χ2n) is 4.18. The Morgan fingerprint density at radius 3 is 2.53 bits per heavy atom. The van der Waals surface area contributed by atoms with Crippen LogP contribution in [-0.2, 0) is 0 Å². The summed E-state index contributed by atoms with van der Waals surface area (Å²) in [5.41, 5.74) is 1.63. The first kappa shape index (κ1) is 12.5. The quantitative estimate of drug-likeness (QED) is 0.793. The van der Waals surface area contributed by atoms with Gasteiger partial charge in [-0.2, -0.15) is 0 Å². The van der Waals surface area contributed by atoms with E-state index >= 15 is 0 Å². The van der Waals surface area contributed by atoms with Crippen molar-refractivity contribution in [2.75, 3.05) is 0 Å². The molecule has 0 amide bonds. The fourth-order valence-electron chi connectivity index (χ4n) is 1.64. The van der Waals surface area contributed by atoms with E-state index in [4.69, 9.17) is 27.9 Å². The average Bonchev–Trinajstić information content (AvgIpc) is 2.23. The molecule has 0 spiro atoms. The molecule has 2 aromatic rings. The Morgan fingerprint density at radius 2 is 1.88 bits per heavy atom. The summed E-state index contributed by atoms with van der Waals surface area (Å²) in [5.74, 6) is 0.602. The fourth-order valence-corrected chi connectivity index (χ4v) is 2.20. The minimum Gasteiger partial charge on any atom is -0.487 e. The summed E-state index contributed by atoms with van der Waals surface area (Å²) in [5, 5.41) is 1.94. The van der Waals surface area contributed by atoms with E-state index in [1.807, 2.05) is 32.9 Å². The molecule has 0 N–H and O–H groups in total. The molecule has 0 fully saturated rings. The van der Waals surface area contributed by atoms with Gasteiger partial charge >= 0.3 is 0 Å². The van der Waals surface area contributed by atoms with Crippen molar-refractivity contribution in [1.82, 2.24) is 4.98 Å². The lowest BCUT2D eigenvalue weighted by Crippen LogP contribution is -2.07. The van der Waals surface area contributed by atoms with Gasteiger partial charge in [0.25, 0.3) is 0 Å². The minimum absolute atomic E-state index is 0.0409. The van der Waals surface area contributed by atoms with Crippen molar-refractivity contribution >= 4 is 34.1 Å². The summed E-state index contributed by atoms with van der Waals surface area (Å²) in [4.78, 5) is 4.46. The number of fused-ring (bicyclic) bond motifs is 1. The minimum atomic E-state index is 0.0409. The van der Waals surface area contributed by atoms with Gasteiger partial charge in [0.1, 0.15) is 5.52 Å². The molecule has 0 atom stereocenters. The molecular formula is C13H13Cl2NO. The molecule has 2 rings (SSSR count). The van der Waals surface area contributed by atoms with Crippen molar-refractivity contribution in [3.05, 3.63) is 33.9 Å². The Bertz CT molecular complexity index is 567. The highest BCUT2D eigenvalue weighted by atomic mass is 35.5. The molecule has 0 unspecified atom stereocenters. The lowest BCUT2D eigenvalue weighted by atomic mass is 10.2. The van der Waals surface area contributed by atoms with Gasteiger partial charge in [0.05, 0.1) is 16.1 Å². The first-order valence-electron chi connectivity index (χ1n) is 5.41. The predicted molar refractivity (Wildman–Crippen MR) is 72.3 cm³/mol. The number of pyridine rings is 1. The average molecular weight is 270 g/mol. The highest BCUT2D eigenvalue weighted by molar-refractivity contribution is 6.39. The van der Waals surface area contributed by atoms with Gasteiger partial charge < -0.3 is 4.74 Å². The maximum absolute atomic E-state index is 6.16. The van der Waals surface area contributed by atoms with Crippen LogP contribution in [0.15, 0.2) is 18.2 Å². The number of nitrogens with zero attached hydrogens (tertiary/aromatic N) is 1. The van der Waals surface area contributed by atoms with E-state index < -0.39 is 0 Å². The number of benzene rings is 1. The third kappa shape index (κ3) is 2.48. The van der Waals surface area contributed by atoms with Crippen molar-refractivity contribution in [2.45, 2.75) is 26.9 Å². The van der Waals surface area contributed by atoms with Crippen LogP contribution in [0.25, 0.3) is 10.9 Å². The molecular weight excluding hydrogens is 257 g/mol. The number of aryl methyl sites for hydroxylation is 1. The predicted octanol–water partition coefficient (Wildman–Crippen LogP) is 4.64. The van der Waals surface area contributed by atoms with E-state index in [0.29, 0.717) is 15.8 Å². The molecule has 0 saturated heterocycles. The topological polar surface area (TPSA) is 22.1 Å². The Hall–Kier alpha value is -0.990. The van der Waals surface area contributed by atoms with E-state index in [9.17, 15) is 0 Å².